The zero-order valence-corrected chi connectivity index (χ0v) is 12.7. The van der Waals surface area contributed by atoms with Crippen molar-refractivity contribution in [1.29, 1.82) is 0 Å². The van der Waals surface area contributed by atoms with Crippen molar-refractivity contribution in [2.45, 2.75) is 45.7 Å². The molecule has 1 aliphatic rings. The van der Waals surface area contributed by atoms with Gasteiger partial charge in [0.1, 0.15) is 5.76 Å². The number of aryl methyl sites for hydroxylation is 2. The highest BCUT2D eigenvalue weighted by Gasteiger charge is 2.31. The summed E-state index contributed by atoms with van der Waals surface area (Å²) in [5.74, 6) is 1.09. The molecule has 0 spiro atoms. The summed E-state index contributed by atoms with van der Waals surface area (Å²) < 4.78 is 34.0. The summed E-state index contributed by atoms with van der Waals surface area (Å²) in [6.07, 6.45) is 2.70. The van der Waals surface area contributed by atoms with E-state index >= 15 is 0 Å². The van der Waals surface area contributed by atoms with Gasteiger partial charge in [-0.25, -0.2) is 4.98 Å². The maximum absolute atomic E-state index is 12.3. The Balaban J connectivity index is 2.02. The molecule has 1 unspecified atom stereocenters. The molecular formula is C12H22N4O3S. The molecule has 1 atom stereocenters. The SMILES string of the molecule is Cc1nc(CNS(=O)(=O)N2CCCCC2CN)oc1C. The van der Waals surface area contributed by atoms with E-state index in [1.807, 2.05) is 6.92 Å². The Labute approximate surface area is 119 Å². The van der Waals surface area contributed by atoms with Gasteiger partial charge in [0.15, 0.2) is 0 Å². The van der Waals surface area contributed by atoms with E-state index in [1.165, 1.54) is 4.31 Å². The first-order chi connectivity index (χ1) is 9.44. The summed E-state index contributed by atoms with van der Waals surface area (Å²) in [7, 11) is -3.54. The lowest BCUT2D eigenvalue weighted by Crippen LogP contribution is -2.51. The fourth-order valence-electron chi connectivity index (χ4n) is 2.38. The molecule has 1 saturated heterocycles. The van der Waals surface area contributed by atoms with Crippen molar-refractivity contribution in [2.75, 3.05) is 13.1 Å². The third-order valence-corrected chi connectivity index (χ3v) is 5.24. The van der Waals surface area contributed by atoms with Crippen LogP contribution in [0.1, 0.15) is 36.6 Å². The number of hydrogen-bond donors (Lipinski definition) is 2. The molecule has 0 amide bonds. The molecule has 0 saturated carbocycles. The van der Waals surface area contributed by atoms with Crippen LogP contribution in [-0.4, -0.2) is 36.8 Å². The minimum absolute atomic E-state index is 0.0603. The Morgan fingerprint density at radius 1 is 1.45 bits per heavy atom. The standard InChI is InChI=1S/C12H22N4O3S/c1-9-10(2)19-12(15-9)8-14-20(17,18)16-6-4-3-5-11(16)7-13/h11,14H,3-8,13H2,1-2H3. The van der Waals surface area contributed by atoms with E-state index in [2.05, 4.69) is 9.71 Å². The van der Waals surface area contributed by atoms with Crippen molar-refractivity contribution in [3.05, 3.63) is 17.3 Å². The number of piperidine rings is 1. The summed E-state index contributed by atoms with van der Waals surface area (Å²) in [4.78, 5) is 4.16. The molecule has 0 radical (unpaired) electrons. The Bertz CT molecular complexity index is 536. The van der Waals surface area contributed by atoms with E-state index in [0.29, 0.717) is 24.7 Å². The van der Waals surface area contributed by atoms with Crippen LogP contribution < -0.4 is 10.5 Å². The maximum atomic E-state index is 12.3. The van der Waals surface area contributed by atoms with Crippen LogP contribution in [0.25, 0.3) is 0 Å². The molecule has 3 N–H and O–H groups in total. The third kappa shape index (κ3) is 3.38. The first-order valence-corrected chi connectivity index (χ1v) is 8.27. The normalized spacial score (nSPS) is 21.2. The van der Waals surface area contributed by atoms with Gasteiger partial charge in [0.2, 0.25) is 5.89 Å². The summed E-state index contributed by atoms with van der Waals surface area (Å²) in [5.41, 5.74) is 6.43. The molecule has 114 valence electrons. The molecule has 0 aliphatic carbocycles. The fraction of sp³-hybridized carbons (Fsp3) is 0.750. The highest BCUT2D eigenvalue weighted by atomic mass is 32.2. The smallest absolute Gasteiger partial charge is 0.280 e. The van der Waals surface area contributed by atoms with Gasteiger partial charge >= 0.3 is 0 Å². The van der Waals surface area contributed by atoms with Crippen LogP contribution in [0, 0.1) is 13.8 Å². The second kappa shape index (κ2) is 6.21. The first-order valence-electron chi connectivity index (χ1n) is 6.83. The van der Waals surface area contributed by atoms with Crippen molar-refractivity contribution >= 4 is 10.2 Å². The van der Waals surface area contributed by atoms with Gasteiger partial charge in [-0.15, -0.1) is 0 Å². The molecule has 20 heavy (non-hydrogen) atoms. The third-order valence-electron chi connectivity index (χ3n) is 3.63. The molecular weight excluding hydrogens is 280 g/mol. The zero-order chi connectivity index (χ0) is 14.8. The van der Waals surface area contributed by atoms with E-state index in [0.717, 1.165) is 25.0 Å². The first kappa shape index (κ1) is 15.4. The fourth-order valence-corrected chi connectivity index (χ4v) is 3.80. The lowest BCUT2D eigenvalue weighted by molar-refractivity contribution is 0.254. The maximum Gasteiger partial charge on any atom is 0.280 e. The van der Waals surface area contributed by atoms with Gasteiger partial charge in [0, 0.05) is 19.1 Å². The Hall–Kier alpha value is -0.960. The molecule has 0 aromatic carbocycles. The van der Waals surface area contributed by atoms with Crippen molar-refractivity contribution in [3.8, 4) is 0 Å². The number of hydrogen-bond acceptors (Lipinski definition) is 5. The van der Waals surface area contributed by atoms with Gasteiger partial charge < -0.3 is 10.2 Å². The molecule has 1 aromatic rings. The monoisotopic (exact) mass is 302 g/mol. The lowest BCUT2D eigenvalue weighted by Gasteiger charge is -2.33. The highest BCUT2D eigenvalue weighted by Crippen LogP contribution is 2.19. The van der Waals surface area contributed by atoms with E-state index in [1.54, 1.807) is 6.92 Å². The van der Waals surface area contributed by atoms with Gasteiger partial charge in [0.05, 0.1) is 12.2 Å². The van der Waals surface area contributed by atoms with E-state index in [4.69, 9.17) is 10.2 Å². The van der Waals surface area contributed by atoms with E-state index < -0.39 is 10.2 Å². The van der Waals surface area contributed by atoms with E-state index in [9.17, 15) is 8.42 Å². The molecule has 1 aliphatic heterocycles. The van der Waals surface area contributed by atoms with Crippen LogP contribution >= 0.6 is 0 Å². The van der Waals surface area contributed by atoms with E-state index in [-0.39, 0.29) is 12.6 Å². The average molecular weight is 302 g/mol. The summed E-state index contributed by atoms with van der Waals surface area (Å²) >= 11 is 0. The molecule has 1 aromatic heterocycles. The van der Waals surface area contributed by atoms with Crippen molar-refractivity contribution < 1.29 is 12.8 Å². The van der Waals surface area contributed by atoms with Crippen LogP contribution in [-0.2, 0) is 16.8 Å². The Morgan fingerprint density at radius 3 is 2.80 bits per heavy atom. The number of nitrogens with two attached hydrogens (primary N) is 1. The van der Waals surface area contributed by atoms with Gasteiger partial charge in [-0.05, 0) is 26.7 Å². The largest absolute Gasteiger partial charge is 0.444 e. The Kier molecular flexibility index (Phi) is 4.79. The van der Waals surface area contributed by atoms with Gasteiger partial charge in [-0.1, -0.05) is 6.42 Å². The van der Waals surface area contributed by atoms with Crippen LogP contribution in [0.5, 0.6) is 0 Å². The van der Waals surface area contributed by atoms with Gasteiger partial charge in [-0.2, -0.15) is 17.4 Å². The summed E-state index contributed by atoms with van der Waals surface area (Å²) in [6, 6.07) is -0.116. The van der Waals surface area contributed by atoms with Crippen LogP contribution in [0.15, 0.2) is 4.42 Å². The number of rotatable bonds is 5. The quantitative estimate of drug-likeness (QED) is 0.821. The molecule has 7 nitrogen and oxygen atoms in total. The topological polar surface area (TPSA) is 101 Å². The second-order valence-electron chi connectivity index (χ2n) is 5.07. The lowest BCUT2D eigenvalue weighted by atomic mass is 10.1. The predicted molar refractivity (Wildman–Crippen MR) is 75.1 cm³/mol. The number of nitrogens with zero attached hydrogens (tertiary/aromatic N) is 2. The molecule has 2 rings (SSSR count). The van der Waals surface area contributed by atoms with Crippen molar-refractivity contribution in [1.82, 2.24) is 14.0 Å². The number of oxazole rings is 1. The number of aromatic nitrogens is 1. The highest BCUT2D eigenvalue weighted by molar-refractivity contribution is 7.87. The predicted octanol–water partition coefficient (Wildman–Crippen LogP) is 0.439. The van der Waals surface area contributed by atoms with Crippen molar-refractivity contribution in [3.63, 3.8) is 0 Å². The zero-order valence-electron chi connectivity index (χ0n) is 11.9. The van der Waals surface area contributed by atoms with Crippen LogP contribution in [0.2, 0.25) is 0 Å². The minimum atomic E-state index is -3.54. The minimum Gasteiger partial charge on any atom is -0.444 e. The molecule has 0 bridgehead atoms. The molecule has 2 heterocycles. The number of nitrogens with one attached hydrogen (secondary N) is 1. The second-order valence-corrected chi connectivity index (χ2v) is 6.78. The Morgan fingerprint density at radius 2 is 2.20 bits per heavy atom. The van der Waals surface area contributed by atoms with Gasteiger partial charge in [0.25, 0.3) is 10.2 Å². The molecule has 8 heteroatoms. The summed E-state index contributed by atoms with van der Waals surface area (Å²) in [6.45, 7) is 4.55. The molecule has 1 fully saturated rings. The van der Waals surface area contributed by atoms with Crippen LogP contribution in [0.3, 0.4) is 0 Å². The van der Waals surface area contributed by atoms with Gasteiger partial charge in [-0.3, -0.25) is 0 Å². The van der Waals surface area contributed by atoms with Crippen molar-refractivity contribution in [2.24, 2.45) is 5.73 Å². The average Bonchev–Trinajstić information content (AvgIpc) is 2.76. The summed E-state index contributed by atoms with van der Waals surface area (Å²) in [5, 5.41) is 0. The van der Waals surface area contributed by atoms with Crippen LogP contribution in [0.4, 0.5) is 0 Å².